The number of nitrogens with two attached hydrogens (primary N) is 1. The van der Waals surface area contributed by atoms with E-state index in [0.717, 1.165) is 30.6 Å². The van der Waals surface area contributed by atoms with Gasteiger partial charge in [-0.05, 0) is 99.7 Å². The zero-order chi connectivity index (χ0) is 25.3. The van der Waals surface area contributed by atoms with Gasteiger partial charge in [0.25, 0.3) is 0 Å². The van der Waals surface area contributed by atoms with E-state index in [9.17, 15) is 15.3 Å². The summed E-state index contributed by atoms with van der Waals surface area (Å²) in [5.74, 6) is 3.65. The maximum Gasteiger partial charge on any atom is 0.111 e. The quantitative estimate of drug-likeness (QED) is 0.397. The van der Waals surface area contributed by atoms with Crippen LogP contribution >= 0.6 is 0 Å². The Bertz CT molecular complexity index is 748. The summed E-state index contributed by atoms with van der Waals surface area (Å²) in [4.78, 5) is 0. The topological polar surface area (TPSA) is 86.7 Å². The fourth-order valence-corrected chi connectivity index (χ4v) is 10.2. The highest BCUT2D eigenvalue weighted by molar-refractivity contribution is 5.26. The lowest BCUT2D eigenvalue weighted by Crippen LogP contribution is -2.80. The normalized spacial score (nSPS) is 49.9. The molecule has 0 aromatic rings. The first-order chi connectivity index (χ1) is 15.6. The van der Waals surface area contributed by atoms with E-state index in [-0.39, 0.29) is 6.42 Å². The molecule has 0 spiro atoms. The van der Waals surface area contributed by atoms with Gasteiger partial charge >= 0.3 is 0 Å². The van der Waals surface area contributed by atoms with Crippen molar-refractivity contribution in [1.29, 1.82) is 0 Å². The van der Waals surface area contributed by atoms with E-state index in [0.29, 0.717) is 36.0 Å². The first-order valence-corrected chi connectivity index (χ1v) is 14.5. The van der Waals surface area contributed by atoms with Gasteiger partial charge in [0.15, 0.2) is 0 Å². The second kappa shape index (κ2) is 8.71. The predicted molar refractivity (Wildman–Crippen MR) is 139 cm³/mol. The Hall–Kier alpha value is -0.160. The van der Waals surface area contributed by atoms with Gasteiger partial charge in [-0.25, -0.2) is 0 Å². The third-order valence-electron chi connectivity index (χ3n) is 12.2. The van der Waals surface area contributed by atoms with E-state index in [1.165, 1.54) is 38.5 Å². The Balaban J connectivity index is 1.66. The van der Waals surface area contributed by atoms with Crippen LogP contribution in [0.2, 0.25) is 0 Å². The summed E-state index contributed by atoms with van der Waals surface area (Å²) >= 11 is 0. The molecule has 10 atom stereocenters. The average Bonchev–Trinajstić information content (AvgIpc) is 3.07. The van der Waals surface area contributed by atoms with Crippen LogP contribution in [0.3, 0.4) is 0 Å². The highest BCUT2D eigenvalue weighted by atomic mass is 16.4. The number of hydrogen-bond donors (Lipinski definition) is 4. The molecule has 0 radical (unpaired) electrons. The number of fused-ring (bicyclic) bond motifs is 5. The lowest BCUT2D eigenvalue weighted by atomic mass is 9.38. The molecule has 0 saturated heterocycles. The van der Waals surface area contributed by atoms with Crippen LogP contribution in [0, 0.1) is 46.3 Å². The minimum Gasteiger partial charge on any atom is -0.393 e. The first kappa shape index (κ1) is 26.9. The predicted octanol–water partition coefficient (Wildman–Crippen LogP) is 5.66. The second-order valence-corrected chi connectivity index (χ2v) is 14.9. The Morgan fingerprint density at radius 1 is 0.912 bits per heavy atom. The molecule has 4 rings (SSSR count). The van der Waals surface area contributed by atoms with Gasteiger partial charge in [0, 0.05) is 17.4 Å². The van der Waals surface area contributed by atoms with E-state index in [4.69, 9.17) is 5.73 Å². The molecule has 0 bridgehead atoms. The van der Waals surface area contributed by atoms with Gasteiger partial charge in [0.05, 0.1) is 6.10 Å². The van der Waals surface area contributed by atoms with E-state index < -0.39 is 28.3 Å². The number of aliphatic hydroxyl groups excluding tert-OH is 1. The van der Waals surface area contributed by atoms with Crippen LogP contribution in [0.5, 0.6) is 0 Å². The van der Waals surface area contributed by atoms with Crippen molar-refractivity contribution >= 4 is 0 Å². The largest absolute Gasteiger partial charge is 0.393 e. The van der Waals surface area contributed by atoms with Crippen LogP contribution in [0.4, 0.5) is 0 Å². The van der Waals surface area contributed by atoms with Crippen LogP contribution in [-0.2, 0) is 0 Å². The van der Waals surface area contributed by atoms with Crippen LogP contribution in [0.1, 0.15) is 119 Å². The van der Waals surface area contributed by atoms with Gasteiger partial charge < -0.3 is 21.1 Å². The van der Waals surface area contributed by atoms with Crippen molar-refractivity contribution in [3.05, 3.63) is 0 Å². The van der Waals surface area contributed by atoms with E-state index >= 15 is 0 Å². The van der Waals surface area contributed by atoms with Crippen LogP contribution in [0.25, 0.3) is 0 Å². The Morgan fingerprint density at radius 2 is 1.59 bits per heavy atom. The fraction of sp³-hybridized carbons (Fsp3) is 1.00. The summed E-state index contributed by atoms with van der Waals surface area (Å²) in [7, 11) is 0. The third kappa shape index (κ3) is 3.75. The van der Waals surface area contributed by atoms with Crippen molar-refractivity contribution in [2.24, 2.45) is 52.1 Å². The lowest BCUT2D eigenvalue weighted by Gasteiger charge is -2.71. The zero-order valence-corrected chi connectivity index (χ0v) is 23.2. The molecule has 4 aliphatic carbocycles. The molecule has 0 heterocycles. The summed E-state index contributed by atoms with van der Waals surface area (Å²) in [6.07, 6.45) is 10.6. The minimum absolute atomic E-state index is 0.237. The van der Waals surface area contributed by atoms with Crippen molar-refractivity contribution in [3.8, 4) is 0 Å². The molecule has 4 fully saturated rings. The molecule has 0 unspecified atom stereocenters. The molecule has 4 aliphatic rings. The minimum atomic E-state index is -1.41. The van der Waals surface area contributed by atoms with Gasteiger partial charge in [-0.15, -0.1) is 0 Å². The molecule has 0 aliphatic heterocycles. The fourth-order valence-electron chi connectivity index (χ4n) is 10.2. The van der Waals surface area contributed by atoms with E-state index in [2.05, 4.69) is 34.6 Å². The molecule has 4 nitrogen and oxygen atoms in total. The van der Waals surface area contributed by atoms with Gasteiger partial charge in [-0.2, -0.15) is 0 Å². The Kier molecular flexibility index (Phi) is 6.89. The number of hydrogen-bond acceptors (Lipinski definition) is 4. The molecule has 5 N–H and O–H groups in total. The van der Waals surface area contributed by atoms with Gasteiger partial charge in [-0.3, -0.25) is 0 Å². The molecule has 34 heavy (non-hydrogen) atoms. The van der Waals surface area contributed by atoms with E-state index in [1.807, 2.05) is 13.8 Å². The summed E-state index contributed by atoms with van der Waals surface area (Å²) in [6, 6.07) is 0. The zero-order valence-electron chi connectivity index (χ0n) is 23.2. The van der Waals surface area contributed by atoms with Crippen LogP contribution in [-0.4, -0.2) is 38.2 Å². The lowest BCUT2D eigenvalue weighted by molar-refractivity contribution is -0.321. The highest BCUT2D eigenvalue weighted by Gasteiger charge is 2.74. The Morgan fingerprint density at radius 3 is 2.21 bits per heavy atom. The smallest absolute Gasteiger partial charge is 0.111 e. The standard InChI is InChI=1S/C30H55NO3/c1-19(2)9-8-10-20(3)23-11-12-24-22-18-29(33,26(4,5)31)30(34)17-21(32)13-16-28(30,7)25(22)14-15-27(23,24)6/h19-25,32-34H,8-18,31H2,1-7H3/t20-,21-,22+,23-,24+,25+,27-,28-,29+,30-/m1/s1. The first-order valence-electron chi connectivity index (χ1n) is 14.5. The van der Waals surface area contributed by atoms with Crippen molar-refractivity contribution in [3.63, 3.8) is 0 Å². The maximum atomic E-state index is 12.3. The molecule has 4 heteroatoms. The molecule has 4 saturated carbocycles. The second-order valence-electron chi connectivity index (χ2n) is 14.9. The van der Waals surface area contributed by atoms with Crippen molar-refractivity contribution in [2.45, 2.75) is 142 Å². The molecule has 0 amide bonds. The van der Waals surface area contributed by atoms with Crippen molar-refractivity contribution < 1.29 is 15.3 Å². The summed E-state index contributed by atoms with van der Waals surface area (Å²) < 4.78 is 0. The van der Waals surface area contributed by atoms with Gasteiger partial charge in [0.2, 0.25) is 0 Å². The SMILES string of the molecule is CC(C)CCC[C@@H](C)[C@H]1CC[C@H]2[C@@H]3C[C@](O)(C(C)(C)N)[C@@]4(O)C[C@H](O)CC[C@]4(C)[C@H]3CC[C@]12C. The average molecular weight is 478 g/mol. The number of aliphatic hydroxyl groups is 3. The van der Waals surface area contributed by atoms with E-state index in [1.54, 1.807) is 0 Å². The third-order valence-corrected chi connectivity index (χ3v) is 12.2. The monoisotopic (exact) mass is 477 g/mol. The van der Waals surface area contributed by atoms with Gasteiger partial charge in [0.1, 0.15) is 11.2 Å². The molecule has 0 aromatic carbocycles. The highest BCUT2D eigenvalue weighted by Crippen LogP contribution is 2.71. The van der Waals surface area contributed by atoms with Gasteiger partial charge in [-0.1, -0.05) is 53.9 Å². The molecular weight excluding hydrogens is 422 g/mol. The molecule has 198 valence electrons. The Labute approximate surface area is 209 Å². The summed E-state index contributed by atoms with van der Waals surface area (Å²) in [6.45, 7) is 15.7. The van der Waals surface area contributed by atoms with Crippen molar-refractivity contribution in [1.82, 2.24) is 0 Å². The maximum absolute atomic E-state index is 12.3. The molecular formula is C30H55NO3. The molecule has 0 aromatic heterocycles. The number of rotatable bonds is 6. The van der Waals surface area contributed by atoms with Crippen LogP contribution < -0.4 is 5.73 Å². The van der Waals surface area contributed by atoms with Crippen LogP contribution in [0.15, 0.2) is 0 Å². The van der Waals surface area contributed by atoms with Crippen molar-refractivity contribution in [2.75, 3.05) is 0 Å². The summed E-state index contributed by atoms with van der Waals surface area (Å²) in [5, 5.41) is 35.3. The summed E-state index contributed by atoms with van der Waals surface area (Å²) in [5.41, 5.74) is 2.90.